The Bertz CT molecular complexity index is 438. The van der Waals surface area contributed by atoms with Crippen molar-refractivity contribution in [3.8, 4) is 0 Å². The Hall–Kier alpha value is -1.17. The highest BCUT2D eigenvalue weighted by atomic mass is 16.5. The molecule has 1 saturated heterocycles. The maximum absolute atomic E-state index is 5.52. The van der Waals surface area contributed by atoms with Gasteiger partial charge in [0.2, 0.25) is 0 Å². The van der Waals surface area contributed by atoms with E-state index in [4.69, 9.17) is 9.47 Å². The zero-order valence-corrected chi connectivity index (χ0v) is 12.2. The number of ether oxygens (including phenoxy) is 2. The molecular weight excluding hydrogens is 254 g/mol. The van der Waals surface area contributed by atoms with Crippen LogP contribution in [0.3, 0.4) is 0 Å². The van der Waals surface area contributed by atoms with Gasteiger partial charge in [-0.2, -0.15) is 0 Å². The molecule has 0 amide bonds. The van der Waals surface area contributed by atoms with E-state index in [1.54, 1.807) is 14.2 Å². The monoisotopic (exact) mass is 277 g/mol. The molecule has 20 heavy (non-hydrogen) atoms. The topological polar surface area (TPSA) is 46.6 Å². The lowest BCUT2D eigenvalue weighted by atomic mass is 10.2. The van der Waals surface area contributed by atoms with Gasteiger partial charge in [-0.05, 0) is 18.9 Å². The molecule has 2 atom stereocenters. The molecule has 1 aliphatic heterocycles. The van der Waals surface area contributed by atoms with Crippen LogP contribution in [0.4, 0.5) is 5.69 Å². The van der Waals surface area contributed by atoms with Crippen LogP contribution in [0, 0.1) is 0 Å². The maximum atomic E-state index is 5.52. The van der Waals surface area contributed by atoms with Crippen LogP contribution in [0.2, 0.25) is 0 Å². The Kier molecular flexibility index (Phi) is 4.19. The van der Waals surface area contributed by atoms with Gasteiger partial charge in [-0.1, -0.05) is 0 Å². The second-order valence-electron chi connectivity index (χ2n) is 5.61. The van der Waals surface area contributed by atoms with Crippen LogP contribution in [0.5, 0.6) is 0 Å². The third-order valence-corrected chi connectivity index (χ3v) is 4.20. The van der Waals surface area contributed by atoms with Crippen LogP contribution in [0.15, 0.2) is 18.5 Å². The summed E-state index contributed by atoms with van der Waals surface area (Å²) < 4.78 is 11.0. The Morgan fingerprint density at radius 2 is 1.95 bits per heavy atom. The summed E-state index contributed by atoms with van der Waals surface area (Å²) >= 11 is 0. The van der Waals surface area contributed by atoms with Gasteiger partial charge in [0.15, 0.2) is 0 Å². The van der Waals surface area contributed by atoms with E-state index in [0.717, 1.165) is 19.6 Å². The number of aromatic nitrogens is 1. The van der Waals surface area contributed by atoms with Gasteiger partial charge in [-0.25, -0.2) is 0 Å². The van der Waals surface area contributed by atoms with E-state index in [1.807, 2.05) is 12.4 Å². The molecule has 110 valence electrons. The Balaban J connectivity index is 1.72. The number of hydrogen-bond acceptors (Lipinski definition) is 5. The molecule has 5 nitrogen and oxygen atoms in total. The van der Waals surface area contributed by atoms with Crippen molar-refractivity contribution in [2.45, 2.75) is 37.6 Å². The SMILES string of the molecule is COC1CN(c2ccncc2CNC2CC2)CC1OC. The molecule has 0 spiro atoms. The van der Waals surface area contributed by atoms with Crippen molar-refractivity contribution in [3.63, 3.8) is 0 Å². The molecule has 1 aromatic heterocycles. The Labute approximate surface area is 120 Å². The highest BCUT2D eigenvalue weighted by Crippen LogP contribution is 2.27. The minimum absolute atomic E-state index is 0.136. The van der Waals surface area contributed by atoms with Gasteiger partial charge >= 0.3 is 0 Å². The molecular formula is C15H23N3O2. The molecule has 0 aromatic carbocycles. The van der Waals surface area contributed by atoms with Crippen molar-refractivity contribution in [3.05, 3.63) is 24.0 Å². The summed E-state index contributed by atoms with van der Waals surface area (Å²) in [5.74, 6) is 0. The molecule has 2 unspecified atom stereocenters. The third-order valence-electron chi connectivity index (χ3n) is 4.20. The van der Waals surface area contributed by atoms with E-state index in [1.165, 1.54) is 24.1 Å². The second-order valence-corrected chi connectivity index (χ2v) is 5.61. The smallest absolute Gasteiger partial charge is 0.102 e. The van der Waals surface area contributed by atoms with Crippen molar-refractivity contribution in [1.29, 1.82) is 0 Å². The summed E-state index contributed by atoms with van der Waals surface area (Å²) in [5, 5.41) is 3.56. The molecule has 1 saturated carbocycles. The average Bonchev–Trinajstić information content (AvgIpc) is 3.23. The van der Waals surface area contributed by atoms with Gasteiger partial charge in [-0.15, -0.1) is 0 Å². The first-order valence-corrected chi connectivity index (χ1v) is 7.28. The number of methoxy groups -OCH3 is 2. The quantitative estimate of drug-likeness (QED) is 0.846. The summed E-state index contributed by atoms with van der Waals surface area (Å²) in [6.45, 7) is 2.63. The molecule has 0 radical (unpaired) electrons. The van der Waals surface area contributed by atoms with Crippen LogP contribution < -0.4 is 10.2 Å². The van der Waals surface area contributed by atoms with Crippen molar-refractivity contribution in [1.82, 2.24) is 10.3 Å². The standard InChI is InChI=1S/C15H23N3O2/c1-19-14-9-18(10-15(14)20-2)13-5-6-16-7-11(13)8-17-12-3-4-12/h5-7,12,14-15,17H,3-4,8-10H2,1-2H3. The van der Waals surface area contributed by atoms with Gasteiger partial charge in [0.25, 0.3) is 0 Å². The number of nitrogens with one attached hydrogen (secondary N) is 1. The van der Waals surface area contributed by atoms with Crippen molar-refractivity contribution in [2.75, 3.05) is 32.2 Å². The molecule has 5 heteroatoms. The first kappa shape index (κ1) is 13.8. The molecule has 2 fully saturated rings. The second kappa shape index (κ2) is 6.08. The number of rotatable bonds is 6. The predicted octanol–water partition coefficient (Wildman–Crippen LogP) is 1.18. The summed E-state index contributed by atoms with van der Waals surface area (Å²) in [6.07, 6.45) is 6.70. The summed E-state index contributed by atoms with van der Waals surface area (Å²) in [7, 11) is 3.50. The van der Waals surface area contributed by atoms with Gasteiger partial charge in [0, 0.05) is 63.5 Å². The minimum Gasteiger partial charge on any atom is -0.377 e. The Morgan fingerprint density at radius 3 is 2.55 bits per heavy atom. The van der Waals surface area contributed by atoms with Crippen LogP contribution in [-0.2, 0) is 16.0 Å². The molecule has 3 rings (SSSR count). The van der Waals surface area contributed by atoms with Crippen molar-refractivity contribution < 1.29 is 9.47 Å². The molecule has 2 heterocycles. The Morgan fingerprint density at radius 1 is 1.25 bits per heavy atom. The summed E-state index contributed by atoms with van der Waals surface area (Å²) in [6, 6.07) is 2.80. The largest absolute Gasteiger partial charge is 0.377 e. The van der Waals surface area contributed by atoms with E-state index in [-0.39, 0.29) is 12.2 Å². The maximum Gasteiger partial charge on any atom is 0.102 e. The first-order chi connectivity index (χ1) is 9.81. The van der Waals surface area contributed by atoms with E-state index in [9.17, 15) is 0 Å². The van der Waals surface area contributed by atoms with Crippen LogP contribution in [0.1, 0.15) is 18.4 Å². The highest BCUT2D eigenvalue weighted by molar-refractivity contribution is 5.53. The van der Waals surface area contributed by atoms with Crippen LogP contribution in [-0.4, -0.2) is 50.5 Å². The first-order valence-electron chi connectivity index (χ1n) is 7.28. The number of pyridine rings is 1. The minimum atomic E-state index is 0.136. The fraction of sp³-hybridized carbons (Fsp3) is 0.667. The number of nitrogens with zero attached hydrogens (tertiary/aromatic N) is 2. The molecule has 2 aliphatic rings. The lowest BCUT2D eigenvalue weighted by Gasteiger charge is -2.21. The lowest BCUT2D eigenvalue weighted by molar-refractivity contribution is -0.00461. The van der Waals surface area contributed by atoms with Gasteiger partial charge in [0.1, 0.15) is 12.2 Å². The molecule has 1 aliphatic carbocycles. The molecule has 0 bridgehead atoms. The molecule has 1 N–H and O–H groups in total. The zero-order valence-electron chi connectivity index (χ0n) is 12.2. The zero-order chi connectivity index (χ0) is 13.9. The fourth-order valence-electron chi connectivity index (χ4n) is 2.80. The van der Waals surface area contributed by atoms with E-state index in [0.29, 0.717) is 6.04 Å². The van der Waals surface area contributed by atoms with Gasteiger partial charge in [-0.3, -0.25) is 4.98 Å². The predicted molar refractivity (Wildman–Crippen MR) is 77.9 cm³/mol. The van der Waals surface area contributed by atoms with Crippen LogP contribution >= 0.6 is 0 Å². The number of hydrogen-bond donors (Lipinski definition) is 1. The lowest BCUT2D eigenvalue weighted by Crippen LogP contribution is -2.27. The normalized spacial score (nSPS) is 26.2. The third kappa shape index (κ3) is 2.95. The average molecular weight is 277 g/mol. The number of anilines is 1. The van der Waals surface area contributed by atoms with Gasteiger partial charge < -0.3 is 19.7 Å². The fourth-order valence-corrected chi connectivity index (χ4v) is 2.80. The summed E-state index contributed by atoms with van der Waals surface area (Å²) in [4.78, 5) is 6.61. The van der Waals surface area contributed by atoms with Crippen molar-refractivity contribution in [2.24, 2.45) is 0 Å². The highest BCUT2D eigenvalue weighted by Gasteiger charge is 2.34. The van der Waals surface area contributed by atoms with Crippen molar-refractivity contribution >= 4 is 5.69 Å². The van der Waals surface area contributed by atoms with Gasteiger partial charge in [0.05, 0.1) is 0 Å². The van der Waals surface area contributed by atoms with Crippen LogP contribution in [0.25, 0.3) is 0 Å². The summed E-state index contributed by atoms with van der Waals surface area (Å²) in [5.41, 5.74) is 2.50. The van der Waals surface area contributed by atoms with E-state index in [2.05, 4.69) is 21.3 Å². The molecule has 1 aromatic rings. The van der Waals surface area contributed by atoms with E-state index >= 15 is 0 Å². The van der Waals surface area contributed by atoms with E-state index < -0.39 is 0 Å².